The normalized spacial score (nSPS) is 12.6. The van der Waals surface area contributed by atoms with E-state index in [2.05, 4.69) is 62.5 Å². The van der Waals surface area contributed by atoms with Crippen LogP contribution in [0.25, 0.3) is 0 Å². The maximum absolute atomic E-state index is 3.65. The van der Waals surface area contributed by atoms with Crippen molar-refractivity contribution in [2.75, 3.05) is 0 Å². The average molecular weight is 259 g/mol. The van der Waals surface area contributed by atoms with E-state index in [0.717, 1.165) is 13.0 Å². The van der Waals surface area contributed by atoms with Crippen LogP contribution in [0.1, 0.15) is 40.3 Å². The number of rotatable bonds is 5. The number of hydrogen-bond acceptors (Lipinski definition) is 2. The lowest BCUT2D eigenvalue weighted by Gasteiger charge is -2.17. The van der Waals surface area contributed by atoms with Gasteiger partial charge in [-0.3, -0.25) is 0 Å². The Morgan fingerprint density at radius 1 is 1.06 bits per heavy atom. The van der Waals surface area contributed by atoms with E-state index in [-0.39, 0.29) is 0 Å². The molecule has 0 radical (unpaired) electrons. The molecule has 2 aromatic rings. The first-order valence-corrected chi connectivity index (χ1v) is 7.36. The minimum Gasteiger partial charge on any atom is -0.305 e. The lowest BCUT2D eigenvalue weighted by molar-refractivity contribution is 0.522. The van der Waals surface area contributed by atoms with Crippen molar-refractivity contribution in [3.05, 3.63) is 57.3 Å². The number of aryl methyl sites for hydroxylation is 2. The highest BCUT2D eigenvalue weighted by atomic mass is 32.1. The second kappa shape index (κ2) is 6.17. The molecular formula is C16H21NS. The van der Waals surface area contributed by atoms with Crippen LogP contribution in [0.5, 0.6) is 0 Å². The Bertz CT molecular complexity index is 484. The Morgan fingerprint density at radius 3 is 2.33 bits per heavy atom. The maximum atomic E-state index is 3.65. The fourth-order valence-electron chi connectivity index (χ4n) is 2.10. The Labute approximate surface area is 114 Å². The maximum Gasteiger partial charge on any atom is 0.0320 e. The molecule has 18 heavy (non-hydrogen) atoms. The van der Waals surface area contributed by atoms with Crippen LogP contribution in [-0.2, 0) is 6.54 Å². The molecule has 0 spiro atoms. The zero-order valence-electron chi connectivity index (χ0n) is 11.4. The van der Waals surface area contributed by atoms with Crippen molar-refractivity contribution in [3.63, 3.8) is 0 Å². The van der Waals surface area contributed by atoms with Crippen molar-refractivity contribution in [1.29, 1.82) is 0 Å². The lowest BCUT2D eigenvalue weighted by atomic mass is 10.0. The van der Waals surface area contributed by atoms with Gasteiger partial charge in [-0.2, -0.15) is 0 Å². The second-order valence-electron chi connectivity index (χ2n) is 4.76. The third-order valence-corrected chi connectivity index (χ3v) is 4.21. The second-order valence-corrected chi connectivity index (χ2v) is 6.14. The Balaban J connectivity index is 1.99. The molecule has 1 aromatic carbocycles. The van der Waals surface area contributed by atoms with Crippen molar-refractivity contribution in [3.8, 4) is 0 Å². The molecule has 0 amide bonds. The average Bonchev–Trinajstić information content (AvgIpc) is 2.78. The van der Waals surface area contributed by atoms with Gasteiger partial charge in [0.15, 0.2) is 0 Å². The zero-order valence-corrected chi connectivity index (χ0v) is 12.2. The van der Waals surface area contributed by atoms with Gasteiger partial charge < -0.3 is 5.32 Å². The van der Waals surface area contributed by atoms with Gasteiger partial charge >= 0.3 is 0 Å². The predicted molar refractivity (Wildman–Crippen MR) is 80.1 cm³/mol. The smallest absolute Gasteiger partial charge is 0.0320 e. The summed E-state index contributed by atoms with van der Waals surface area (Å²) in [6.07, 6.45) is 1.12. The summed E-state index contributed by atoms with van der Waals surface area (Å²) in [7, 11) is 0. The van der Waals surface area contributed by atoms with E-state index in [0.29, 0.717) is 6.04 Å². The minimum absolute atomic E-state index is 0.452. The lowest BCUT2D eigenvalue weighted by Crippen LogP contribution is -2.19. The summed E-state index contributed by atoms with van der Waals surface area (Å²) in [4.78, 5) is 2.80. The summed E-state index contributed by atoms with van der Waals surface area (Å²) in [6, 6.07) is 13.7. The molecule has 1 heterocycles. The topological polar surface area (TPSA) is 12.0 Å². The molecule has 2 rings (SSSR count). The van der Waals surface area contributed by atoms with Gasteiger partial charge in [0.1, 0.15) is 0 Å². The molecule has 1 atom stereocenters. The molecule has 1 aromatic heterocycles. The van der Waals surface area contributed by atoms with E-state index in [1.165, 1.54) is 20.9 Å². The molecule has 0 fully saturated rings. The van der Waals surface area contributed by atoms with Crippen molar-refractivity contribution in [2.45, 2.75) is 39.8 Å². The van der Waals surface area contributed by atoms with Crippen molar-refractivity contribution < 1.29 is 0 Å². The Morgan fingerprint density at radius 2 is 1.78 bits per heavy atom. The standard InChI is InChI=1S/C16H21NS/c1-4-16(14-8-5-12(2)6-9-14)17-11-15-10-7-13(3)18-15/h5-10,16-17H,4,11H2,1-3H3. The van der Waals surface area contributed by atoms with Crippen LogP contribution in [0.2, 0.25) is 0 Å². The molecule has 2 heteroatoms. The van der Waals surface area contributed by atoms with Crippen LogP contribution in [0.15, 0.2) is 36.4 Å². The quantitative estimate of drug-likeness (QED) is 0.827. The van der Waals surface area contributed by atoms with Crippen LogP contribution in [-0.4, -0.2) is 0 Å². The molecule has 1 N–H and O–H groups in total. The summed E-state index contributed by atoms with van der Waals surface area (Å²) in [5.74, 6) is 0. The summed E-state index contributed by atoms with van der Waals surface area (Å²) < 4.78 is 0. The van der Waals surface area contributed by atoms with E-state index in [1.54, 1.807) is 0 Å². The van der Waals surface area contributed by atoms with Gasteiger partial charge in [0, 0.05) is 22.3 Å². The number of benzene rings is 1. The number of thiophene rings is 1. The van der Waals surface area contributed by atoms with Gasteiger partial charge in [0.25, 0.3) is 0 Å². The number of hydrogen-bond donors (Lipinski definition) is 1. The molecule has 0 saturated heterocycles. The monoisotopic (exact) mass is 259 g/mol. The van der Waals surface area contributed by atoms with Gasteiger partial charge in [-0.1, -0.05) is 36.8 Å². The van der Waals surface area contributed by atoms with Gasteiger partial charge in [0.2, 0.25) is 0 Å². The summed E-state index contributed by atoms with van der Waals surface area (Å²) in [5, 5.41) is 3.65. The van der Waals surface area contributed by atoms with E-state index >= 15 is 0 Å². The third-order valence-electron chi connectivity index (χ3n) is 3.21. The summed E-state index contributed by atoms with van der Waals surface area (Å²) in [5.41, 5.74) is 2.71. The molecular weight excluding hydrogens is 238 g/mol. The molecule has 0 bridgehead atoms. The van der Waals surface area contributed by atoms with Crippen LogP contribution in [0, 0.1) is 13.8 Å². The first-order valence-electron chi connectivity index (χ1n) is 6.54. The Kier molecular flexibility index (Phi) is 4.56. The summed E-state index contributed by atoms with van der Waals surface area (Å²) in [6.45, 7) is 7.49. The molecule has 0 saturated carbocycles. The van der Waals surface area contributed by atoms with Gasteiger partial charge in [-0.25, -0.2) is 0 Å². The van der Waals surface area contributed by atoms with E-state index in [9.17, 15) is 0 Å². The molecule has 1 unspecified atom stereocenters. The number of nitrogens with one attached hydrogen (secondary N) is 1. The molecule has 96 valence electrons. The largest absolute Gasteiger partial charge is 0.305 e. The van der Waals surface area contributed by atoms with Gasteiger partial charge in [-0.15, -0.1) is 11.3 Å². The SMILES string of the molecule is CCC(NCc1ccc(C)s1)c1ccc(C)cc1. The van der Waals surface area contributed by atoms with Crippen molar-refractivity contribution >= 4 is 11.3 Å². The van der Waals surface area contributed by atoms with Crippen LogP contribution < -0.4 is 5.32 Å². The predicted octanol–water partition coefficient (Wildman–Crippen LogP) is 4.61. The van der Waals surface area contributed by atoms with Crippen LogP contribution >= 0.6 is 11.3 Å². The fraction of sp³-hybridized carbons (Fsp3) is 0.375. The van der Waals surface area contributed by atoms with Crippen LogP contribution in [0.3, 0.4) is 0 Å². The van der Waals surface area contributed by atoms with E-state index in [4.69, 9.17) is 0 Å². The van der Waals surface area contributed by atoms with E-state index in [1.807, 2.05) is 11.3 Å². The Hall–Kier alpha value is -1.12. The van der Waals surface area contributed by atoms with Crippen molar-refractivity contribution in [2.24, 2.45) is 0 Å². The highest BCUT2D eigenvalue weighted by molar-refractivity contribution is 7.11. The van der Waals surface area contributed by atoms with Gasteiger partial charge in [0.05, 0.1) is 0 Å². The fourth-order valence-corrected chi connectivity index (χ4v) is 2.94. The highest BCUT2D eigenvalue weighted by Crippen LogP contribution is 2.20. The first-order chi connectivity index (χ1) is 8.69. The molecule has 1 nitrogen and oxygen atoms in total. The van der Waals surface area contributed by atoms with Crippen LogP contribution in [0.4, 0.5) is 0 Å². The summed E-state index contributed by atoms with van der Waals surface area (Å²) >= 11 is 1.88. The third kappa shape index (κ3) is 3.44. The van der Waals surface area contributed by atoms with Crippen molar-refractivity contribution in [1.82, 2.24) is 5.32 Å². The van der Waals surface area contributed by atoms with E-state index < -0.39 is 0 Å². The highest BCUT2D eigenvalue weighted by Gasteiger charge is 2.08. The minimum atomic E-state index is 0.452. The zero-order chi connectivity index (χ0) is 13.0. The molecule has 0 aliphatic heterocycles. The van der Waals surface area contributed by atoms with Gasteiger partial charge in [-0.05, 0) is 38.0 Å². The molecule has 0 aliphatic carbocycles. The first kappa shape index (κ1) is 13.3. The molecule has 0 aliphatic rings.